The van der Waals surface area contributed by atoms with Crippen molar-refractivity contribution in [3.05, 3.63) is 34.3 Å². The lowest BCUT2D eigenvalue weighted by atomic mass is 10.0. The van der Waals surface area contributed by atoms with Crippen molar-refractivity contribution in [2.75, 3.05) is 13.1 Å². The number of aliphatic hydroxyl groups excluding tert-OH is 1. The first-order valence-corrected chi connectivity index (χ1v) is 7.32. The van der Waals surface area contributed by atoms with Crippen LogP contribution < -0.4 is 0 Å². The Bertz CT molecular complexity index is 356. The molecule has 1 N–H and O–H groups in total. The second-order valence-corrected chi connectivity index (χ2v) is 6.52. The molecule has 0 saturated carbocycles. The molecule has 18 heavy (non-hydrogen) atoms. The molecule has 1 unspecified atom stereocenters. The second kappa shape index (κ2) is 6.69. The van der Waals surface area contributed by atoms with Gasteiger partial charge >= 0.3 is 0 Å². The Hall–Kier alpha value is -0.380. The quantitative estimate of drug-likeness (QED) is 0.888. The molecular weight excluding hydrogens is 290 g/mol. The maximum Gasteiger partial charge on any atom is 0.0802 e. The Balaban J connectivity index is 2.55. The molecule has 0 aliphatic heterocycles. The van der Waals surface area contributed by atoms with Crippen LogP contribution in [0.15, 0.2) is 28.7 Å². The van der Waals surface area contributed by atoms with Crippen LogP contribution in [-0.2, 0) is 0 Å². The maximum absolute atomic E-state index is 10.2. The predicted molar refractivity (Wildman–Crippen MR) is 80.7 cm³/mol. The summed E-state index contributed by atoms with van der Waals surface area (Å²) in [7, 11) is 0. The Morgan fingerprint density at radius 2 is 1.78 bits per heavy atom. The van der Waals surface area contributed by atoms with Crippen molar-refractivity contribution in [3.8, 4) is 0 Å². The molecule has 2 nitrogen and oxygen atoms in total. The Morgan fingerprint density at radius 1 is 1.22 bits per heavy atom. The zero-order chi connectivity index (χ0) is 13.8. The third-order valence-electron chi connectivity index (χ3n) is 3.26. The summed E-state index contributed by atoms with van der Waals surface area (Å²) in [5.74, 6) is 0. The standard InChI is InChI=1S/C15H24BrNO/c1-5-17(15(2,3)4)11-10-14(18)12-6-8-13(16)9-7-12/h6-9,14,18H,5,10-11H2,1-4H3. The highest BCUT2D eigenvalue weighted by atomic mass is 79.9. The van der Waals surface area contributed by atoms with Crippen LogP contribution in [0.1, 0.15) is 45.8 Å². The molecule has 0 heterocycles. The Morgan fingerprint density at radius 3 is 2.22 bits per heavy atom. The molecule has 0 aliphatic rings. The largest absolute Gasteiger partial charge is 0.388 e. The molecule has 0 bridgehead atoms. The van der Waals surface area contributed by atoms with Crippen LogP contribution >= 0.6 is 15.9 Å². The van der Waals surface area contributed by atoms with Gasteiger partial charge in [-0.15, -0.1) is 0 Å². The van der Waals surface area contributed by atoms with Crippen molar-refractivity contribution in [1.82, 2.24) is 4.90 Å². The van der Waals surface area contributed by atoms with Gasteiger partial charge in [0.05, 0.1) is 6.10 Å². The van der Waals surface area contributed by atoms with Crippen molar-refractivity contribution in [3.63, 3.8) is 0 Å². The van der Waals surface area contributed by atoms with Gasteiger partial charge in [0.2, 0.25) is 0 Å². The summed E-state index contributed by atoms with van der Waals surface area (Å²) in [4.78, 5) is 2.38. The van der Waals surface area contributed by atoms with E-state index in [9.17, 15) is 5.11 Å². The van der Waals surface area contributed by atoms with E-state index in [4.69, 9.17) is 0 Å². The van der Waals surface area contributed by atoms with E-state index in [0.29, 0.717) is 0 Å². The number of hydrogen-bond donors (Lipinski definition) is 1. The van der Waals surface area contributed by atoms with Gasteiger partial charge < -0.3 is 5.11 Å². The molecule has 0 aliphatic carbocycles. The summed E-state index contributed by atoms with van der Waals surface area (Å²) in [5, 5.41) is 10.2. The van der Waals surface area contributed by atoms with Crippen molar-refractivity contribution >= 4 is 15.9 Å². The van der Waals surface area contributed by atoms with E-state index in [1.807, 2.05) is 24.3 Å². The third kappa shape index (κ3) is 4.71. The number of benzene rings is 1. The first-order chi connectivity index (χ1) is 8.34. The van der Waals surface area contributed by atoms with E-state index in [0.717, 1.165) is 29.5 Å². The highest BCUT2D eigenvalue weighted by Crippen LogP contribution is 2.21. The van der Waals surface area contributed by atoms with Gasteiger partial charge in [-0.2, -0.15) is 0 Å². The molecule has 1 aromatic carbocycles. The number of aliphatic hydroxyl groups is 1. The SMILES string of the molecule is CCN(CCC(O)c1ccc(Br)cc1)C(C)(C)C. The van der Waals surface area contributed by atoms with E-state index in [2.05, 4.69) is 48.5 Å². The smallest absolute Gasteiger partial charge is 0.0802 e. The van der Waals surface area contributed by atoms with Gasteiger partial charge in [-0.25, -0.2) is 0 Å². The lowest BCUT2D eigenvalue weighted by Gasteiger charge is -2.35. The first-order valence-electron chi connectivity index (χ1n) is 6.53. The number of hydrogen-bond acceptors (Lipinski definition) is 2. The highest BCUT2D eigenvalue weighted by Gasteiger charge is 2.20. The monoisotopic (exact) mass is 313 g/mol. The number of rotatable bonds is 5. The average molecular weight is 314 g/mol. The fourth-order valence-electron chi connectivity index (χ4n) is 2.10. The summed E-state index contributed by atoms with van der Waals surface area (Å²) in [6, 6.07) is 7.89. The molecule has 1 rings (SSSR count). The molecule has 0 fully saturated rings. The molecule has 0 spiro atoms. The Kier molecular flexibility index (Phi) is 5.83. The van der Waals surface area contributed by atoms with Crippen LogP contribution in [0.25, 0.3) is 0 Å². The summed E-state index contributed by atoms with van der Waals surface area (Å²) in [6.07, 6.45) is 0.390. The first kappa shape index (κ1) is 15.7. The van der Waals surface area contributed by atoms with E-state index in [1.54, 1.807) is 0 Å². The van der Waals surface area contributed by atoms with Gasteiger partial charge in [0, 0.05) is 16.6 Å². The van der Waals surface area contributed by atoms with E-state index in [-0.39, 0.29) is 11.6 Å². The fraction of sp³-hybridized carbons (Fsp3) is 0.600. The van der Waals surface area contributed by atoms with Crippen LogP contribution in [0.5, 0.6) is 0 Å². The molecule has 0 aromatic heterocycles. The minimum absolute atomic E-state index is 0.161. The lowest BCUT2D eigenvalue weighted by Crippen LogP contribution is -2.42. The predicted octanol–water partition coefficient (Wildman–Crippen LogP) is 3.99. The van der Waals surface area contributed by atoms with E-state index < -0.39 is 0 Å². The molecule has 3 heteroatoms. The number of nitrogens with zero attached hydrogens (tertiary/aromatic N) is 1. The summed E-state index contributed by atoms with van der Waals surface area (Å²) < 4.78 is 1.04. The van der Waals surface area contributed by atoms with Gasteiger partial charge in [-0.3, -0.25) is 4.90 Å². The third-order valence-corrected chi connectivity index (χ3v) is 3.79. The van der Waals surface area contributed by atoms with Crippen LogP contribution in [0, 0.1) is 0 Å². The minimum Gasteiger partial charge on any atom is -0.388 e. The van der Waals surface area contributed by atoms with E-state index in [1.165, 1.54) is 0 Å². The average Bonchev–Trinajstić information content (AvgIpc) is 2.28. The fourth-order valence-corrected chi connectivity index (χ4v) is 2.36. The van der Waals surface area contributed by atoms with Gasteiger partial charge in [-0.05, 0) is 51.4 Å². The molecule has 0 saturated heterocycles. The van der Waals surface area contributed by atoms with Crippen molar-refractivity contribution in [2.24, 2.45) is 0 Å². The van der Waals surface area contributed by atoms with Gasteiger partial charge in [0.1, 0.15) is 0 Å². The van der Waals surface area contributed by atoms with Crippen molar-refractivity contribution in [1.29, 1.82) is 0 Å². The van der Waals surface area contributed by atoms with Crippen LogP contribution in [0.3, 0.4) is 0 Å². The van der Waals surface area contributed by atoms with Gasteiger partial charge in [0.25, 0.3) is 0 Å². The maximum atomic E-state index is 10.2. The van der Waals surface area contributed by atoms with Crippen molar-refractivity contribution < 1.29 is 5.11 Å². The molecular formula is C15H24BrNO. The molecule has 102 valence electrons. The molecule has 0 amide bonds. The highest BCUT2D eigenvalue weighted by molar-refractivity contribution is 9.10. The van der Waals surface area contributed by atoms with Gasteiger partial charge in [-0.1, -0.05) is 35.0 Å². The van der Waals surface area contributed by atoms with E-state index >= 15 is 0 Å². The summed E-state index contributed by atoms with van der Waals surface area (Å²) in [5.41, 5.74) is 1.15. The van der Waals surface area contributed by atoms with Crippen LogP contribution in [-0.4, -0.2) is 28.6 Å². The Labute approximate surface area is 119 Å². The zero-order valence-corrected chi connectivity index (χ0v) is 13.4. The topological polar surface area (TPSA) is 23.5 Å². The molecule has 1 atom stereocenters. The zero-order valence-electron chi connectivity index (χ0n) is 11.8. The molecule has 1 aromatic rings. The second-order valence-electron chi connectivity index (χ2n) is 5.61. The lowest BCUT2D eigenvalue weighted by molar-refractivity contribution is 0.0997. The minimum atomic E-state index is -0.380. The number of halogens is 1. The van der Waals surface area contributed by atoms with Crippen LogP contribution in [0.4, 0.5) is 0 Å². The normalized spacial score (nSPS) is 13.9. The summed E-state index contributed by atoms with van der Waals surface area (Å²) >= 11 is 3.40. The van der Waals surface area contributed by atoms with Crippen LogP contribution in [0.2, 0.25) is 0 Å². The van der Waals surface area contributed by atoms with Gasteiger partial charge in [0.15, 0.2) is 0 Å². The van der Waals surface area contributed by atoms with Crippen molar-refractivity contribution in [2.45, 2.75) is 45.8 Å². The summed E-state index contributed by atoms with van der Waals surface area (Å²) in [6.45, 7) is 10.7. The molecule has 0 radical (unpaired) electrons.